The van der Waals surface area contributed by atoms with Crippen molar-refractivity contribution in [2.45, 2.75) is 19.5 Å². The second-order valence-corrected chi connectivity index (χ2v) is 5.31. The highest BCUT2D eigenvalue weighted by atomic mass is 79.9. The molecule has 2 N–H and O–H groups in total. The first-order valence-electron chi connectivity index (χ1n) is 4.94. The van der Waals surface area contributed by atoms with Gasteiger partial charge in [0.15, 0.2) is 0 Å². The lowest BCUT2D eigenvalue weighted by atomic mass is 10.2. The van der Waals surface area contributed by atoms with Gasteiger partial charge in [-0.2, -0.15) is 0 Å². The van der Waals surface area contributed by atoms with Crippen LogP contribution in [0.3, 0.4) is 0 Å². The zero-order chi connectivity index (χ0) is 12.1. The minimum absolute atomic E-state index is 0.0717. The van der Waals surface area contributed by atoms with Crippen LogP contribution in [0.5, 0.6) is 5.75 Å². The van der Waals surface area contributed by atoms with Crippen molar-refractivity contribution in [2.75, 3.05) is 13.7 Å². The summed E-state index contributed by atoms with van der Waals surface area (Å²) in [5.41, 5.74) is 1.05. The Labute approximate surface area is 112 Å². The van der Waals surface area contributed by atoms with Crippen LogP contribution < -0.4 is 10.1 Å². The summed E-state index contributed by atoms with van der Waals surface area (Å²) in [4.78, 5) is 0. The molecule has 0 aliphatic carbocycles. The molecule has 1 atom stereocenters. The summed E-state index contributed by atoms with van der Waals surface area (Å²) in [6, 6.07) is 4.01. The van der Waals surface area contributed by atoms with Crippen LogP contribution >= 0.6 is 31.9 Å². The Bertz CT molecular complexity index is 358. The average Bonchev–Trinajstić information content (AvgIpc) is 2.25. The van der Waals surface area contributed by atoms with Crippen LogP contribution in [-0.4, -0.2) is 24.9 Å². The van der Waals surface area contributed by atoms with E-state index < -0.39 is 0 Å². The van der Waals surface area contributed by atoms with Crippen LogP contribution in [0.25, 0.3) is 0 Å². The van der Waals surface area contributed by atoms with Crippen molar-refractivity contribution in [3.05, 3.63) is 26.6 Å². The lowest BCUT2D eigenvalue weighted by Gasteiger charge is -2.14. The molecule has 0 heterocycles. The van der Waals surface area contributed by atoms with Crippen LogP contribution in [0.15, 0.2) is 21.1 Å². The van der Waals surface area contributed by atoms with Crippen LogP contribution in [0, 0.1) is 0 Å². The van der Waals surface area contributed by atoms with Crippen molar-refractivity contribution in [3.8, 4) is 5.75 Å². The number of aliphatic hydroxyl groups is 1. The summed E-state index contributed by atoms with van der Waals surface area (Å²) in [7, 11) is 1.65. The number of benzene rings is 1. The number of nitrogens with one attached hydrogen (secondary N) is 1. The van der Waals surface area contributed by atoms with Gasteiger partial charge in [0, 0.05) is 22.6 Å². The summed E-state index contributed by atoms with van der Waals surface area (Å²) in [6.45, 7) is 2.71. The Balaban J connectivity index is 2.85. The second kappa shape index (κ2) is 6.59. The lowest BCUT2D eigenvalue weighted by molar-refractivity contribution is 0.250. The number of hydrogen-bond donors (Lipinski definition) is 2. The molecule has 0 fully saturated rings. The normalized spacial score (nSPS) is 12.6. The predicted molar refractivity (Wildman–Crippen MR) is 71.8 cm³/mol. The van der Waals surface area contributed by atoms with Crippen LogP contribution in [0.4, 0.5) is 0 Å². The first-order valence-corrected chi connectivity index (χ1v) is 6.53. The van der Waals surface area contributed by atoms with Gasteiger partial charge < -0.3 is 15.2 Å². The zero-order valence-corrected chi connectivity index (χ0v) is 12.4. The summed E-state index contributed by atoms with van der Waals surface area (Å²) in [6.07, 6.45) is 0. The lowest BCUT2D eigenvalue weighted by Crippen LogP contribution is -2.28. The van der Waals surface area contributed by atoms with E-state index in [0.29, 0.717) is 6.54 Å². The number of ether oxygens (including phenoxy) is 1. The van der Waals surface area contributed by atoms with E-state index >= 15 is 0 Å². The first kappa shape index (κ1) is 14.0. The summed E-state index contributed by atoms with van der Waals surface area (Å²) < 4.78 is 7.24. The van der Waals surface area contributed by atoms with E-state index in [0.717, 1.165) is 20.3 Å². The molecule has 0 saturated heterocycles. The van der Waals surface area contributed by atoms with E-state index in [1.165, 1.54) is 0 Å². The molecule has 3 nitrogen and oxygen atoms in total. The van der Waals surface area contributed by atoms with E-state index in [2.05, 4.69) is 37.2 Å². The van der Waals surface area contributed by atoms with Gasteiger partial charge >= 0.3 is 0 Å². The van der Waals surface area contributed by atoms with Gasteiger partial charge in [-0.05, 0) is 35.0 Å². The molecule has 16 heavy (non-hydrogen) atoms. The van der Waals surface area contributed by atoms with Gasteiger partial charge in [0.1, 0.15) is 5.75 Å². The van der Waals surface area contributed by atoms with Gasteiger partial charge in [-0.3, -0.25) is 0 Å². The molecule has 0 spiro atoms. The molecule has 0 bridgehead atoms. The van der Waals surface area contributed by atoms with E-state index in [-0.39, 0.29) is 12.6 Å². The van der Waals surface area contributed by atoms with Crippen LogP contribution in [0.1, 0.15) is 12.5 Å². The van der Waals surface area contributed by atoms with Crippen LogP contribution in [-0.2, 0) is 6.54 Å². The molecule has 0 aliphatic rings. The van der Waals surface area contributed by atoms with E-state index in [1.807, 2.05) is 19.1 Å². The molecule has 0 aliphatic heterocycles. The Kier molecular flexibility index (Phi) is 5.75. The molecule has 1 rings (SSSR count). The Morgan fingerprint density at radius 1 is 1.44 bits per heavy atom. The van der Waals surface area contributed by atoms with E-state index in [1.54, 1.807) is 7.11 Å². The number of aliphatic hydroxyl groups excluding tert-OH is 1. The highest BCUT2D eigenvalue weighted by Crippen LogP contribution is 2.32. The van der Waals surface area contributed by atoms with Crippen molar-refractivity contribution in [1.29, 1.82) is 0 Å². The van der Waals surface area contributed by atoms with Gasteiger partial charge in [-0.15, -0.1) is 0 Å². The van der Waals surface area contributed by atoms with Gasteiger partial charge in [0.25, 0.3) is 0 Å². The molecule has 0 radical (unpaired) electrons. The zero-order valence-electron chi connectivity index (χ0n) is 9.26. The largest absolute Gasteiger partial charge is 0.495 e. The third-order valence-corrected chi connectivity index (χ3v) is 3.25. The fourth-order valence-corrected chi connectivity index (χ4v) is 2.80. The fourth-order valence-electron chi connectivity index (χ4n) is 1.32. The molecule has 0 aromatic heterocycles. The van der Waals surface area contributed by atoms with Crippen molar-refractivity contribution in [3.63, 3.8) is 0 Å². The first-order chi connectivity index (χ1) is 7.58. The SMILES string of the molecule is COc1c(Br)cc(Br)cc1CN[C@@H](C)CO. The fraction of sp³-hybridized carbons (Fsp3) is 0.455. The smallest absolute Gasteiger partial charge is 0.137 e. The molecular weight excluding hydrogens is 338 g/mol. The summed E-state index contributed by atoms with van der Waals surface area (Å²) in [5, 5.41) is 12.1. The number of hydrogen-bond acceptors (Lipinski definition) is 3. The predicted octanol–water partition coefficient (Wildman–Crippen LogP) is 2.69. The van der Waals surface area contributed by atoms with Crippen molar-refractivity contribution < 1.29 is 9.84 Å². The Hall–Kier alpha value is -0.100. The van der Waals surface area contributed by atoms with Crippen molar-refractivity contribution in [1.82, 2.24) is 5.32 Å². The molecule has 1 aromatic rings. The minimum Gasteiger partial charge on any atom is -0.495 e. The molecule has 0 saturated carbocycles. The second-order valence-electron chi connectivity index (χ2n) is 3.54. The third kappa shape index (κ3) is 3.73. The van der Waals surface area contributed by atoms with Crippen molar-refractivity contribution in [2.24, 2.45) is 0 Å². The average molecular weight is 353 g/mol. The Morgan fingerprint density at radius 2 is 2.12 bits per heavy atom. The number of halogens is 2. The molecule has 5 heteroatoms. The minimum atomic E-state index is 0.0717. The third-order valence-electron chi connectivity index (χ3n) is 2.20. The molecular formula is C11H15Br2NO2. The molecule has 90 valence electrons. The molecule has 0 amide bonds. The van der Waals surface area contributed by atoms with E-state index in [9.17, 15) is 0 Å². The topological polar surface area (TPSA) is 41.5 Å². The van der Waals surface area contributed by atoms with E-state index in [4.69, 9.17) is 9.84 Å². The molecule has 0 unspecified atom stereocenters. The number of methoxy groups -OCH3 is 1. The van der Waals surface area contributed by atoms with Gasteiger partial charge in [-0.25, -0.2) is 0 Å². The van der Waals surface area contributed by atoms with Crippen LogP contribution in [0.2, 0.25) is 0 Å². The van der Waals surface area contributed by atoms with Gasteiger partial charge in [-0.1, -0.05) is 15.9 Å². The molecule has 1 aromatic carbocycles. The maximum absolute atomic E-state index is 8.94. The maximum Gasteiger partial charge on any atom is 0.137 e. The number of rotatable bonds is 5. The maximum atomic E-state index is 8.94. The monoisotopic (exact) mass is 351 g/mol. The summed E-state index contributed by atoms with van der Waals surface area (Å²) in [5.74, 6) is 0.820. The van der Waals surface area contributed by atoms with Gasteiger partial charge in [0.05, 0.1) is 18.2 Å². The standard InChI is InChI=1S/C11H15Br2NO2/c1-7(6-15)14-5-8-3-9(12)4-10(13)11(8)16-2/h3-4,7,14-15H,5-6H2,1-2H3/t7-/m0/s1. The Morgan fingerprint density at radius 3 is 2.69 bits per heavy atom. The highest BCUT2D eigenvalue weighted by molar-refractivity contribution is 9.11. The van der Waals surface area contributed by atoms with Gasteiger partial charge in [0.2, 0.25) is 0 Å². The highest BCUT2D eigenvalue weighted by Gasteiger charge is 2.10. The summed E-state index contributed by atoms with van der Waals surface area (Å²) >= 11 is 6.89. The van der Waals surface area contributed by atoms with Crippen molar-refractivity contribution >= 4 is 31.9 Å². The quantitative estimate of drug-likeness (QED) is 0.856.